The summed E-state index contributed by atoms with van der Waals surface area (Å²) in [4.78, 5) is 4.00. The molecule has 0 aliphatic rings. The number of hydrogen-bond acceptors (Lipinski definition) is 2. The predicted molar refractivity (Wildman–Crippen MR) is 75.4 cm³/mol. The highest BCUT2D eigenvalue weighted by molar-refractivity contribution is 9.10. The summed E-state index contributed by atoms with van der Waals surface area (Å²) in [5.41, 5.74) is 1.14. The van der Waals surface area contributed by atoms with Crippen LogP contribution in [-0.4, -0.2) is 11.2 Å². The van der Waals surface area contributed by atoms with Gasteiger partial charge in [-0.3, -0.25) is 0 Å². The fraction of sp³-hybridized carbons (Fsp3) is 0.214. The van der Waals surface area contributed by atoms with Crippen molar-refractivity contribution in [3.05, 3.63) is 58.8 Å². The zero-order chi connectivity index (χ0) is 14.6. The Morgan fingerprint density at radius 3 is 2.35 bits per heavy atom. The third kappa shape index (κ3) is 4.52. The van der Waals surface area contributed by atoms with E-state index in [1.165, 1.54) is 6.20 Å². The number of rotatable bonds is 4. The van der Waals surface area contributed by atoms with Gasteiger partial charge in [-0.2, -0.15) is 13.2 Å². The third-order valence-electron chi connectivity index (χ3n) is 2.71. The Morgan fingerprint density at radius 2 is 1.80 bits per heavy atom. The van der Waals surface area contributed by atoms with Gasteiger partial charge in [0.05, 0.1) is 24.3 Å². The van der Waals surface area contributed by atoms with Gasteiger partial charge in [0.25, 0.3) is 0 Å². The first-order chi connectivity index (χ1) is 9.44. The molecule has 1 aromatic carbocycles. The van der Waals surface area contributed by atoms with Crippen LogP contribution in [0.1, 0.15) is 18.0 Å². The van der Waals surface area contributed by atoms with Crippen LogP contribution in [0, 0.1) is 0 Å². The molecule has 6 heteroatoms. The summed E-state index contributed by atoms with van der Waals surface area (Å²) in [5, 5.41) is 2.88. The lowest BCUT2D eigenvalue weighted by Gasteiger charge is -2.21. The summed E-state index contributed by atoms with van der Waals surface area (Å²) in [6.45, 7) is 0. The van der Waals surface area contributed by atoms with Gasteiger partial charge in [-0.05, 0) is 33.6 Å². The maximum absolute atomic E-state index is 12.7. The lowest BCUT2D eigenvalue weighted by Crippen LogP contribution is -2.20. The summed E-state index contributed by atoms with van der Waals surface area (Å²) in [5.74, 6) is 0. The van der Waals surface area contributed by atoms with E-state index in [9.17, 15) is 13.2 Å². The summed E-state index contributed by atoms with van der Waals surface area (Å²) in [6, 6.07) is 11.1. The SMILES string of the molecule is FC(F)(F)CC(Nc1ccc(Br)nc1)c1ccccc1. The molecule has 1 heterocycles. The molecule has 2 rings (SSSR count). The first-order valence-corrected chi connectivity index (χ1v) is 6.73. The first-order valence-electron chi connectivity index (χ1n) is 5.94. The maximum atomic E-state index is 12.7. The molecule has 1 N–H and O–H groups in total. The molecule has 0 aliphatic carbocycles. The number of aromatic nitrogens is 1. The van der Waals surface area contributed by atoms with Crippen LogP contribution in [0.4, 0.5) is 18.9 Å². The molecule has 0 bridgehead atoms. The Hall–Kier alpha value is -1.56. The number of benzene rings is 1. The Labute approximate surface area is 123 Å². The maximum Gasteiger partial charge on any atom is 0.391 e. The average molecular weight is 345 g/mol. The third-order valence-corrected chi connectivity index (χ3v) is 3.17. The average Bonchev–Trinajstić information content (AvgIpc) is 2.40. The molecule has 1 atom stereocenters. The molecule has 106 valence electrons. The molecule has 0 fully saturated rings. The molecule has 1 unspecified atom stereocenters. The topological polar surface area (TPSA) is 24.9 Å². The summed E-state index contributed by atoms with van der Waals surface area (Å²) in [7, 11) is 0. The van der Waals surface area contributed by atoms with Gasteiger partial charge in [0, 0.05) is 0 Å². The van der Waals surface area contributed by atoms with Gasteiger partial charge in [0.15, 0.2) is 0 Å². The quantitative estimate of drug-likeness (QED) is 0.793. The van der Waals surface area contributed by atoms with Gasteiger partial charge in [-0.1, -0.05) is 30.3 Å². The number of hydrogen-bond donors (Lipinski definition) is 1. The number of halogens is 4. The van der Waals surface area contributed by atoms with Crippen molar-refractivity contribution >= 4 is 21.6 Å². The van der Waals surface area contributed by atoms with Crippen molar-refractivity contribution in [3.8, 4) is 0 Å². The highest BCUT2D eigenvalue weighted by Crippen LogP contribution is 2.32. The van der Waals surface area contributed by atoms with Gasteiger partial charge in [0.2, 0.25) is 0 Å². The number of nitrogens with one attached hydrogen (secondary N) is 1. The molecule has 0 spiro atoms. The smallest absolute Gasteiger partial charge is 0.377 e. The highest BCUT2D eigenvalue weighted by Gasteiger charge is 2.32. The van der Waals surface area contributed by atoms with Crippen LogP contribution < -0.4 is 5.32 Å². The second-order valence-electron chi connectivity index (χ2n) is 4.30. The molecule has 1 aromatic heterocycles. The number of nitrogens with zero attached hydrogens (tertiary/aromatic N) is 1. The zero-order valence-corrected chi connectivity index (χ0v) is 11.9. The van der Waals surface area contributed by atoms with Crippen LogP contribution in [0.25, 0.3) is 0 Å². The standard InChI is InChI=1S/C14H12BrF3N2/c15-13-7-6-11(9-19-13)20-12(8-14(16,17)18)10-4-2-1-3-5-10/h1-7,9,12,20H,8H2. The predicted octanol–water partition coefficient (Wildman–Crippen LogP) is 4.95. The normalized spacial score (nSPS) is 13.0. The highest BCUT2D eigenvalue weighted by atomic mass is 79.9. The summed E-state index contributed by atoms with van der Waals surface area (Å²) in [6.07, 6.45) is -3.68. The molecule has 0 aliphatic heterocycles. The molecule has 0 saturated heterocycles. The number of alkyl halides is 3. The molecule has 20 heavy (non-hydrogen) atoms. The molecule has 2 aromatic rings. The van der Waals surface area contributed by atoms with Crippen LogP contribution in [0.3, 0.4) is 0 Å². The molecule has 0 radical (unpaired) electrons. The van der Waals surface area contributed by atoms with Crippen LogP contribution in [0.15, 0.2) is 53.3 Å². The molecular formula is C14H12BrF3N2. The minimum absolute atomic E-state index is 0.548. The van der Waals surface area contributed by atoms with Crippen molar-refractivity contribution in [2.45, 2.75) is 18.6 Å². The Kier molecular flexibility index (Phi) is 4.65. The Bertz CT molecular complexity index is 541. The fourth-order valence-electron chi connectivity index (χ4n) is 1.83. The first kappa shape index (κ1) is 14.8. The summed E-state index contributed by atoms with van der Waals surface area (Å²) < 4.78 is 38.7. The summed E-state index contributed by atoms with van der Waals surface area (Å²) >= 11 is 3.19. The number of pyridine rings is 1. The lowest BCUT2D eigenvalue weighted by molar-refractivity contribution is -0.137. The van der Waals surface area contributed by atoms with Crippen LogP contribution in [-0.2, 0) is 0 Å². The van der Waals surface area contributed by atoms with E-state index in [0.717, 1.165) is 0 Å². The van der Waals surface area contributed by atoms with E-state index >= 15 is 0 Å². The molecular weight excluding hydrogens is 333 g/mol. The second-order valence-corrected chi connectivity index (χ2v) is 5.11. The van der Waals surface area contributed by atoms with Gasteiger partial charge in [0.1, 0.15) is 4.60 Å². The van der Waals surface area contributed by atoms with Gasteiger partial charge in [-0.15, -0.1) is 0 Å². The largest absolute Gasteiger partial charge is 0.391 e. The van der Waals surface area contributed by atoms with Crippen molar-refractivity contribution in [1.29, 1.82) is 0 Å². The minimum atomic E-state index is -4.24. The van der Waals surface area contributed by atoms with Crippen molar-refractivity contribution < 1.29 is 13.2 Å². The van der Waals surface area contributed by atoms with E-state index in [-0.39, 0.29) is 0 Å². The van der Waals surface area contributed by atoms with E-state index in [1.807, 2.05) is 0 Å². The van der Waals surface area contributed by atoms with Crippen molar-refractivity contribution in [1.82, 2.24) is 4.98 Å². The number of anilines is 1. The van der Waals surface area contributed by atoms with Crippen molar-refractivity contribution in [2.75, 3.05) is 5.32 Å². The van der Waals surface area contributed by atoms with Crippen molar-refractivity contribution in [3.63, 3.8) is 0 Å². The van der Waals surface area contributed by atoms with Gasteiger partial charge < -0.3 is 5.32 Å². The van der Waals surface area contributed by atoms with Crippen molar-refractivity contribution in [2.24, 2.45) is 0 Å². The molecule has 0 amide bonds. The Morgan fingerprint density at radius 1 is 1.10 bits per heavy atom. The minimum Gasteiger partial charge on any atom is -0.377 e. The monoisotopic (exact) mass is 344 g/mol. The van der Waals surface area contributed by atoms with Gasteiger partial charge in [-0.25, -0.2) is 4.98 Å². The molecule has 2 nitrogen and oxygen atoms in total. The van der Waals surface area contributed by atoms with E-state index in [4.69, 9.17) is 0 Å². The van der Waals surface area contributed by atoms with Gasteiger partial charge >= 0.3 is 6.18 Å². The van der Waals surface area contributed by atoms with E-state index in [1.54, 1.807) is 42.5 Å². The van der Waals surface area contributed by atoms with E-state index < -0.39 is 18.6 Å². The molecule has 0 saturated carbocycles. The van der Waals surface area contributed by atoms with Crippen LogP contribution >= 0.6 is 15.9 Å². The van der Waals surface area contributed by atoms with Crippen LogP contribution in [0.5, 0.6) is 0 Å². The van der Waals surface area contributed by atoms with E-state index in [2.05, 4.69) is 26.2 Å². The van der Waals surface area contributed by atoms with E-state index in [0.29, 0.717) is 15.9 Å². The lowest BCUT2D eigenvalue weighted by atomic mass is 10.0. The van der Waals surface area contributed by atoms with Crippen LogP contribution in [0.2, 0.25) is 0 Å². The Balaban J connectivity index is 2.20. The zero-order valence-electron chi connectivity index (χ0n) is 10.4. The fourth-order valence-corrected chi connectivity index (χ4v) is 2.07. The second kappa shape index (κ2) is 6.26.